The Morgan fingerprint density at radius 2 is 2.16 bits per heavy atom. The van der Waals surface area contributed by atoms with Crippen LogP contribution in [0.15, 0.2) is 18.2 Å². The van der Waals surface area contributed by atoms with Crippen LogP contribution >= 0.6 is 0 Å². The van der Waals surface area contributed by atoms with Crippen molar-refractivity contribution in [1.29, 1.82) is 0 Å². The minimum absolute atomic E-state index is 0.278. The molecule has 1 saturated carbocycles. The lowest BCUT2D eigenvalue weighted by Gasteiger charge is -2.34. The Bertz CT molecular complexity index is 423. The highest BCUT2D eigenvalue weighted by Gasteiger charge is 2.29. The number of halogens is 2. The first-order chi connectivity index (χ1) is 9.15. The quantitative estimate of drug-likeness (QED) is 0.645. The van der Waals surface area contributed by atoms with Gasteiger partial charge in [0.25, 0.3) is 0 Å². The second kappa shape index (κ2) is 6.44. The van der Waals surface area contributed by atoms with Crippen molar-refractivity contribution in [2.75, 3.05) is 0 Å². The zero-order valence-electron chi connectivity index (χ0n) is 11.3. The van der Waals surface area contributed by atoms with Gasteiger partial charge < -0.3 is 0 Å². The number of nitrogens with one attached hydrogen (secondary N) is 1. The molecule has 3 unspecified atom stereocenters. The van der Waals surface area contributed by atoms with E-state index in [0.717, 1.165) is 31.7 Å². The zero-order chi connectivity index (χ0) is 13.8. The van der Waals surface area contributed by atoms with Crippen LogP contribution in [-0.2, 0) is 0 Å². The maximum atomic E-state index is 13.9. The monoisotopic (exact) mass is 268 g/mol. The van der Waals surface area contributed by atoms with E-state index in [-0.39, 0.29) is 17.8 Å². The number of benzene rings is 1. The molecule has 1 aromatic carbocycles. The summed E-state index contributed by atoms with van der Waals surface area (Å²) in [6, 6.07) is 3.28. The van der Waals surface area contributed by atoms with Crippen LogP contribution in [0.1, 0.15) is 50.6 Å². The van der Waals surface area contributed by atoms with E-state index < -0.39 is 5.82 Å². The van der Waals surface area contributed by atoms with Crippen molar-refractivity contribution in [1.82, 2.24) is 5.43 Å². The first kappa shape index (κ1) is 14.4. The lowest BCUT2D eigenvalue weighted by molar-refractivity contribution is 0.207. The summed E-state index contributed by atoms with van der Waals surface area (Å²) in [5, 5.41) is 0. The van der Waals surface area contributed by atoms with E-state index in [1.54, 1.807) is 0 Å². The molecule has 106 valence electrons. The Hall–Kier alpha value is -1.00. The van der Waals surface area contributed by atoms with E-state index >= 15 is 0 Å². The molecule has 0 amide bonds. The van der Waals surface area contributed by atoms with E-state index in [0.29, 0.717) is 11.5 Å². The Balaban J connectivity index is 2.21. The van der Waals surface area contributed by atoms with Gasteiger partial charge in [-0.3, -0.25) is 11.3 Å². The minimum Gasteiger partial charge on any atom is -0.271 e. The fourth-order valence-corrected chi connectivity index (χ4v) is 3.24. The van der Waals surface area contributed by atoms with Crippen LogP contribution in [-0.4, -0.2) is 0 Å². The van der Waals surface area contributed by atoms with Gasteiger partial charge in [0, 0.05) is 5.56 Å². The van der Waals surface area contributed by atoms with Crippen LogP contribution in [0.2, 0.25) is 0 Å². The molecule has 0 spiro atoms. The highest BCUT2D eigenvalue weighted by atomic mass is 19.1. The Morgan fingerprint density at radius 3 is 2.84 bits per heavy atom. The summed E-state index contributed by atoms with van der Waals surface area (Å²) in [6.45, 7) is 2.18. The van der Waals surface area contributed by atoms with E-state index in [1.807, 2.05) is 0 Å². The smallest absolute Gasteiger partial charge is 0.128 e. The van der Waals surface area contributed by atoms with Crippen molar-refractivity contribution in [3.8, 4) is 0 Å². The number of rotatable bonds is 4. The van der Waals surface area contributed by atoms with Crippen molar-refractivity contribution in [3.05, 3.63) is 35.4 Å². The molecule has 0 aliphatic heterocycles. The van der Waals surface area contributed by atoms with Gasteiger partial charge in [0.1, 0.15) is 11.6 Å². The minimum atomic E-state index is -0.417. The van der Waals surface area contributed by atoms with Crippen molar-refractivity contribution < 1.29 is 8.78 Å². The van der Waals surface area contributed by atoms with Gasteiger partial charge in [-0.15, -0.1) is 0 Å². The predicted molar refractivity (Wildman–Crippen MR) is 72.2 cm³/mol. The van der Waals surface area contributed by atoms with Gasteiger partial charge in [-0.25, -0.2) is 8.78 Å². The average Bonchev–Trinajstić information content (AvgIpc) is 2.44. The van der Waals surface area contributed by atoms with Crippen LogP contribution in [0.25, 0.3) is 0 Å². The molecular formula is C15H22F2N2. The number of hydrogen-bond donors (Lipinski definition) is 2. The summed E-state index contributed by atoms with van der Waals surface area (Å²) >= 11 is 0. The number of hydrazine groups is 1. The lowest BCUT2D eigenvalue weighted by Crippen LogP contribution is -2.36. The van der Waals surface area contributed by atoms with E-state index in [4.69, 9.17) is 5.84 Å². The molecule has 0 aromatic heterocycles. The molecule has 4 heteroatoms. The van der Waals surface area contributed by atoms with Crippen LogP contribution in [0, 0.1) is 23.5 Å². The maximum absolute atomic E-state index is 13.9. The topological polar surface area (TPSA) is 38.0 Å². The standard InChI is InChI=1S/C15H22F2N2/c1-2-10-4-3-5-11(8-10)15(19-18)13-9-12(16)6-7-14(13)17/h6-7,9-11,15,19H,2-5,8,18H2,1H3. The van der Waals surface area contributed by atoms with Gasteiger partial charge in [-0.2, -0.15) is 0 Å². The molecule has 1 aromatic rings. The summed E-state index contributed by atoms with van der Waals surface area (Å²) in [6.07, 6.45) is 5.55. The van der Waals surface area contributed by atoms with Gasteiger partial charge in [-0.05, 0) is 42.9 Å². The Labute approximate surface area is 113 Å². The molecule has 3 N–H and O–H groups in total. The van der Waals surface area contributed by atoms with Crippen LogP contribution in [0.4, 0.5) is 8.78 Å². The largest absolute Gasteiger partial charge is 0.271 e. The summed E-state index contributed by atoms with van der Waals surface area (Å²) in [7, 11) is 0. The fraction of sp³-hybridized carbons (Fsp3) is 0.600. The third-order valence-electron chi connectivity index (χ3n) is 4.34. The molecular weight excluding hydrogens is 246 g/mol. The van der Waals surface area contributed by atoms with Gasteiger partial charge in [0.15, 0.2) is 0 Å². The number of nitrogens with two attached hydrogens (primary N) is 1. The van der Waals surface area contributed by atoms with Crippen molar-refractivity contribution >= 4 is 0 Å². The molecule has 0 heterocycles. The summed E-state index contributed by atoms with van der Waals surface area (Å²) in [4.78, 5) is 0. The van der Waals surface area contributed by atoms with Gasteiger partial charge in [-0.1, -0.05) is 26.2 Å². The second-order valence-corrected chi connectivity index (χ2v) is 5.51. The molecule has 0 bridgehead atoms. The summed E-state index contributed by atoms with van der Waals surface area (Å²) < 4.78 is 27.2. The molecule has 0 saturated heterocycles. The molecule has 0 radical (unpaired) electrons. The molecule has 2 nitrogen and oxygen atoms in total. The first-order valence-corrected chi connectivity index (χ1v) is 7.06. The highest BCUT2D eigenvalue weighted by molar-refractivity contribution is 5.23. The van der Waals surface area contributed by atoms with E-state index in [2.05, 4.69) is 12.3 Å². The Morgan fingerprint density at radius 1 is 1.37 bits per heavy atom. The average molecular weight is 268 g/mol. The summed E-state index contributed by atoms with van der Waals surface area (Å²) in [5.41, 5.74) is 3.05. The lowest BCUT2D eigenvalue weighted by atomic mass is 9.75. The molecule has 1 aliphatic carbocycles. The molecule has 1 fully saturated rings. The fourth-order valence-electron chi connectivity index (χ4n) is 3.24. The Kier molecular flexibility index (Phi) is 4.88. The van der Waals surface area contributed by atoms with Crippen molar-refractivity contribution in [2.24, 2.45) is 17.7 Å². The second-order valence-electron chi connectivity index (χ2n) is 5.51. The maximum Gasteiger partial charge on any atom is 0.128 e. The molecule has 1 aliphatic rings. The predicted octanol–water partition coefficient (Wildman–Crippen LogP) is 3.69. The van der Waals surface area contributed by atoms with Crippen LogP contribution in [0.3, 0.4) is 0 Å². The first-order valence-electron chi connectivity index (χ1n) is 7.06. The molecule has 2 rings (SSSR count). The molecule has 3 atom stereocenters. The van der Waals surface area contributed by atoms with Crippen molar-refractivity contribution in [3.63, 3.8) is 0 Å². The number of hydrogen-bond acceptors (Lipinski definition) is 2. The third-order valence-corrected chi connectivity index (χ3v) is 4.34. The van der Waals surface area contributed by atoms with Gasteiger partial charge in [0.05, 0.1) is 6.04 Å². The zero-order valence-corrected chi connectivity index (χ0v) is 11.3. The van der Waals surface area contributed by atoms with Crippen LogP contribution < -0.4 is 11.3 Å². The highest BCUT2D eigenvalue weighted by Crippen LogP contribution is 2.38. The molecule has 19 heavy (non-hydrogen) atoms. The SMILES string of the molecule is CCC1CCCC(C(NN)c2cc(F)ccc2F)C1. The third kappa shape index (κ3) is 3.31. The van der Waals surface area contributed by atoms with E-state index in [9.17, 15) is 8.78 Å². The van der Waals surface area contributed by atoms with Crippen molar-refractivity contribution in [2.45, 2.75) is 45.1 Å². The van der Waals surface area contributed by atoms with E-state index in [1.165, 1.54) is 18.6 Å². The van der Waals surface area contributed by atoms with Crippen LogP contribution in [0.5, 0.6) is 0 Å². The van der Waals surface area contributed by atoms with Gasteiger partial charge >= 0.3 is 0 Å². The van der Waals surface area contributed by atoms with Gasteiger partial charge in [0.2, 0.25) is 0 Å². The summed E-state index contributed by atoms with van der Waals surface area (Å²) in [5.74, 6) is 5.75. The normalized spacial score (nSPS) is 25.3.